The molecule has 1 unspecified atom stereocenters. The number of aliphatic hydroxyl groups is 1. The Labute approximate surface area is 532 Å². The minimum atomic E-state index is -0.786. The molecule has 0 spiro atoms. The van der Waals surface area contributed by atoms with Gasteiger partial charge in [0.1, 0.15) is 6.61 Å². The van der Waals surface area contributed by atoms with Gasteiger partial charge in [0.15, 0.2) is 6.10 Å². The Balaban J connectivity index is 3.51. The van der Waals surface area contributed by atoms with Gasteiger partial charge in [-0.2, -0.15) is 0 Å². The Hall–Kier alpha value is -4.48. The van der Waals surface area contributed by atoms with Crippen LogP contribution in [-0.4, -0.2) is 36.4 Å². The first kappa shape index (κ1) is 81.5. The van der Waals surface area contributed by atoms with E-state index in [1.54, 1.807) is 0 Å². The molecule has 86 heavy (non-hydrogen) atoms. The van der Waals surface area contributed by atoms with Gasteiger partial charge in [-0.05, 0) is 122 Å². The minimum Gasteiger partial charge on any atom is -0.462 e. The smallest absolute Gasteiger partial charge is 0.306 e. The van der Waals surface area contributed by atoms with Gasteiger partial charge < -0.3 is 14.6 Å². The lowest BCUT2D eigenvalue weighted by atomic mass is 10.0. The highest BCUT2D eigenvalue weighted by Gasteiger charge is 2.16. The van der Waals surface area contributed by atoms with Gasteiger partial charge in [0.2, 0.25) is 0 Å². The van der Waals surface area contributed by atoms with E-state index in [4.69, 9.17) is 9.47 Å². The Kier molecular flexibility index (Phi) is 70.9. The molecule has 0 rings (SSSR count). The molecule has 0 fully saturated rings. The van der Waals surface area contributed by atoms with Crippen LogP contribution in [0, 0.1) is 0 Å². The van der Waals surface area contributed by atoms with Crippen molar-refractivity contribution in [2.24, 2.45) is 0 Å². The fourth-order valence-electron chi connectivity index (χ4n) is 10.0. The summed E-state index contributed by atoms with van der Waals surface area (Å²) in [7, 11) is 0. The molecule has 1 atom stereocenters. The zero-order valence-corrected chi connectivity index (χ0v) is 56.0. The van der Waals surface area contributed by atoms with Gasteiger partial charge in [0.25, 0.3) is 0 Å². The molecule has 0 saturated carbocycles. The number of carbonyl (C=O) groups excluding carboxylic acids is 2. The highest BCUT2D eigenvalue weighted by Crippen LogP contribution is 2.17. The van der Waals surface area contributed by atoms with E-state index in [9.17, 15) is 14.7 Å². The minimum absolute atomic E-state index is 0.0731. The van der Waals surface area contributed by atoms with Gasteiger partial charge in [0.05, 0.1) is 6.61 Å². The van der Waals surface area contributed by atoms with Crippen LogP contribution in [0.15, 0.2) is 158 Å². The average Bonchev–Trinajstić information content (AvgIpc) is 3.53. The molecular formula is C81H134O5. The van der Waals surface area contributed by atoms with Crippen LogP contribution >= 0.6 is 0 Å². The molecule has 5 nitrogen and oxygen atoms in total. The first-order valence-electron chi connectivity index (χ1n) is 36.0. The maximum absolute atomic E-state index is 12.4. The van der Waals surface area contributed by atoms with E-state index in [-0.39, 0.29) is 25.2 Å². The largest absolute Gasteiger partial charge is 0.462 e. The molecule has 0 aliphatic rings. The summed E-state index contributed by atoms with van der Waals surface area (Å²) in [6, 6.07) is 0. The highest BCUT2D eigenvalue weighted by molar-refractivity contribution is 5.70. The molecule has 0 aromatic rings. The number of ether oxygens (including phenoxy) is 2. The van der Waals surface area contributed by atoms with E-state index in [1.807, 2.05) is 0 Å². The van der Waals surface area contributed by atoms with Crippen molar-refractivity contribution in [1.29, 1.82) is 0 Å². The van der Waals surface area contributed by atoms with Crippen molar-refractivity contribution in [3.05, 3.63) is 158 Å². The topological polar surface area (TPSA) is 72.8 Å². The molecule has 0 aliphatic carbocycles. The zero-order chi connectivity index (χ0) is 61.9. The number of rotatable bonds is 65. The molecule has 0 amide bonds. The monoisotopic (exact) mass is 1190 g/mol. The van der Waals surface area contributed by atoms with Crippen LogP contribution < -0.4 is 0 Å². The molecule has 0 aromatic carbocycles. The molecule has 488 valence electrons. The third-order valence-corrected chi connectivity index (χ3v) is 15.3. The lowest BCUT2D eigenvalue weighted by molar-refractivity contribution is -0.161. The van der Waals surface area contributed by atoms with Crippen molar-refractivity contribution in [1.82, 2.24) is 0 Å². The van der Waals surface area contributed by atoms with E-state index in [0.717, 1.165) is 128 Å². The van der Waals surface area contributed by atoms with Gasteiger partial charge in [-0.15, -0.1) is 0 Å². The summed E-state index contributed by atoms with van der Waals surface area (Å²) in [6.45, 7) is 3.93. The summed E-state index contributed by atoms with van der Waals surface area (Å²) >= 11 is 0. The molecule has 0 saturated heterocycles. The second kappa shape index (κ2) is 74.8. The van der Waals surface area contributed by atoms with E-state index in [1.165, 1.54) is 167 Å². The Morgan fingerprint density at radius 3 is 0.698 bits per heavy atom. The Morgan fingerprint density at radius 1 is 0.267 bits per heavy atom. The third-order valence-electron chi connectivity index (χ3n) is 15.3. The Morgan fingerprint density at radius 2 is 0.465 bits per heavy atom. The number of allylic oxidation sites excluding steroid dienone is 26. The molecular weight excluding hydrogens is 1050 g/mol. The van der Waals surface area contributed by atoms with E-state index < -0.39 is 6.10 Å². The van der Waals surface area contributed by atoms with Crippen LogP contribution in [-0.2, 0) is 19.1 Å². The number of unbranched alkanes of at least 4 members (excludes halogenated alkanes) is 31. The number of aliphatic hydroxyl groups excluding tert-OH is 1. The predicted molar refractivity (Wildman–Crippen MR) is 380 cm³/mol. The van der Waals surface area contributed by atoms with Crippen molar-refractivity contribution < 1.29 is 24.2 Å². The third kappa shape index (κ3) is 72.0. The van der Waals surface area contributed by atoms with Crippen LogP contribution in [0.1, 0.15) is 322 Å². The summed E-state index contributed by atoms with van der Waals surface area (Å²) < 4.78 is 10.8. The van der Waals surface area contributed by atoms with Gasteiger partial charge in [-0.3, -0.25) is 9.59 Å². The molecule has 5 heteroatoms. The van der Waals surface area contributed by atoms with E-state index >= 15 is 0 Å². The Bertz CT molecular complexity index is 1830. The molecule has 0 aromatic heterocycles. The van der Waals surface area contributed by atoms with Crippen molar-refractivity contribution in [3.8, 4) is 0 Å². The maximum atomic E-state index is 12.4. The highest BCUT2D eigenvalue weighted by atomic mass is 16.6. The standard InChI is InChI=1S/C81H134O5/c1-3-5-7-9-11-13-15-17-19-21-23-25-27-29-31-33-35-37-39-40-42-44-46-48-50-52-54-56-58-60-62-64-66-68-70-72-74-76-81(84)86-79(77-82)78-85-80(83)75-73-71-69-67-65-63-61-59-57-55-53-51-49-47-45-43-41-38-36-34-32-30-28-26-24-22-20-18-16-14-12-10-8-6-4-2/h5-8,11-14,17-20,23-26,29,31,35,37,40,42,46,48,52,54,79,82H,3-4,9-10,15-16,21-22,27-28,30,32-34,36,38-39,41,43-45,47,49-51,53,55-78H2,1-2H3/b7-5-,8-6-,13-11-,14-12-,19-17-,20-18-,25-23-,26-24-,31-29-,37-35-,42-40-,48-46-,54-52-. The lowest BCUT2D eigenvalue weighted by Crippen LogP contribution is -2.28. The first-order chi connectivity index (χ1) is 42.6. The molecule has 0 heterocycles. The predicted octanol–water partition coefficient (Wildman–Crippen LogP) is 25.4. The number of carbonyl (C=O) groups is 2. The van der Waals surface area contributed by atoms with E-state index in [2.05, 4.69) is 172 Å². The van der Waals surface area contributed by atoms with Crippen molar-refractivity contribution >= 4 is 11.9 Å². The molecule has 0 radical (unpaired) electrons. The normalized spacial score (nSPS) is 13.2. The van der Waals surface area contributed by atoms with Gasteiger partial charge >= 0.3 is 11.9 Å². The van der Waals surface area contributed by atoms with Crippen LogP contribution in [0.25, 0.3) is 0 Å². The second-order valence-electron chi connectivity index (χ2n) is 23.6. The second-order valence-corrected chi connectivity index (χ2v) is 23.6. The van der Waals surface area contributed by atoms with Crippen LogP contribution in [0.3, 0.4) is 0 Å². The summed E-state index contributed by atoms with van der Waals surface area (Å²) in [6.07, 6.45) is 114. The van der Waals surface area contributed by atoms with Crippen molar-refractivity contribution in [2.45, 2.75) is 328 Å². The van der Waals surface area contributed by atoms with Gasteiger partial charge in [-0.1, -0.05) is 345 Å². The zero-order valence-electron chi connectivity index (χ0n) is 56.0. The SMILES string of the molecule is CC/C=C\C/C=C\C/C=C\C/C=C\C/C=C\C/C=C\C/C=C\C/C=C\C/C=C\CCCCCCCCCCCC(=O)OC(CO)COC(=O)CCCCCCCCCCCCCCCCCCCCCCCC/C=C\C/C=C\C/C=C\C/C=C\CC. The molecule has 0 aliphatic heterocycles. The van der Waals surface area contributed by atoms with Crippen molar-refractivity contribution in [3.63, 3.8) is 0 Å². The summed E-state index contributed by atoms with van der Waals surface area (Å²) in [5.74, 6) is -0.594. The fourth-order valence-corrected chi connectivity index (χ4v) is 10.0. The fraction of sp³-hybridized carbons (Fsp3) is 0.654. The van der Waals surface area contributed by atoms with Gasteiger partial charge in [-0.25, -0.2) is 0 Å². The summed E-state index contributed by atoms with van der Waals surface area (Å²) in [5, 5.41) is 9.71. The lowest BCUT2D eigenvalue weighted by Gasteiger charge is -2.15. The van der Waals surface area contributed by atoms with E-state index in [0.29, 0.717) is 12.8 Å². The van der Waals surface area contributed by atoms with Crippen LogP contribution in [0.5, 0.6) is 0 Å². The average molecular weight is 1190 g/mol. The molecule has 0 bridgehead atoms. The first-order valence-corrected chi connectivity index (χ1v) is 36.0. The summed E-state index contributed by atoms with van der Waals surface area (Å²) in [5.41, 5.74) is 0. The van der Waals surface area contributed by atoms with Crippen LogP contribution in [0.4, 0.5) is 0 Å². The number of hydrogen-bond donors (Lipinski definition) is 1. The number of esters is 2. The quantitative estimate of drug-likeness (QED) is 0.0373. The summed E-state index contributed by atoms with van der Waals surface area (Å²) in [4.78, 5) is 24.7. The maximum Gasteiger partial charge on any atom is 0.306 e. The molecule has 1 N–H and O–H groups in total. The van der Waals surface area contributed by atoms with Crippen LogP contribution in [0.2, 0.25) is 0 Å². The van der Waals surface area contributed by atoms with Crippen molar-refractivity contribution in [2.75, 3.05) is 13.2 Å². The number of hydrogen-bond acceptors (Lipinski definition) is 5. The van der Waals surface area contributed by atoms with Gasteiger partial charge in [0, 0.05) is 12.8 Å².